The van der Waals surface area contributed by atoms with E-state index in [4.69, 9.17) is 18.0 Å². The van der Waals surface area contributed by atoms with E-state index in [0.29, 0.717) is 0 Å². The predicted octanol–water partition coefficient (Wildman–Crippen LogP) is -0.835. The van der Waals surface area contributed by atoms with Crippen molar-refractivity contribution in [1.82, 2.24) is 0 Å². The molecule has 0 aliphatic rings. The third-order valence-corrected chi connectivity index (χ3v) is 0. The quantitative estimate of drug-likeness (QED) is 0.318. The van der Waals surface area contributed by atoms with Gasteiger partial charge in [0.1, 0.15) is 0 Å². The fraction of sp³-hybridized carbons (Fsp3) is 0. The zero-order chi connectivity index (χ0) is 5.58. The van der Waals surface area contributed by atoms with Gasteiger partial charge in [0, 0.05) is 0 Å². The summed E-state index contributed by atoms with van der Waals surface area (Å²) in [5.41, 5.74) is 0. The van der Waals surface area contributed by atoms with E-state index in [1.54, 1.807) is 0 Å². The van der Waals surface area contributed by atoms with Crippen LogP contribution in [-0.2, 0) is 11.4 Å². The van der Waals surface area contributed by atoms with Crippen molar-refractivity contribution in [3.8, 4) is 0 Å². The summed E-state index contributed by atoms with van der Waals surface area (Å²) >= 11 is 1.03. The number of rotatable bonds is 0. The van der Waals surface area contributed by atoms with Gasteiger partial charge >= 0.3 is 29.6 Å². The van der Waals surface area contributed by atoms with Crippen LogP contribution in [0.5, 0.6) is 0 Å². The van der Waals surface area contributed by atoms with E-state index in [9.17, 15) is 0 Å². The molecule has 7 heavy (non-hydrogen) atoms. The van der Waals surface area contributed by atoms with Crippen LogP contribution in [-0.4, -0.2) is 47.5 Å². The zero-order valence-electron chi connectivity index (χ0n) is 2.54. The summed E-state index contributed by atoms with van der Waals surface area (Å²) in [7, 11) is 0. The molecule has 0 saturated heterocycles. The first-order chi connectivity index (χ1) is 2.73. The summed E-state index contributed by atoms with van der Waals surface area (Å²) in [6.45, 7) is 0. The van der Waals surface area contributed by atoms with Crippen molar-refractivity contribution in [2.75, 3.05) is 0 Å². The Labute approximate surface area is 70.4 Å². The molecule has 0 rings (SSSR count). The van der Waals surface area contributed by atoms with Crippen LogP contribution in [0.4, 0.5) is 0 Å². The Bertz CT molecular complexity index is 34.7. The van der Waals surface area contributed by atoms with E-state index >= 15 is 0 Å². The van der Waals surface area contributed by atoms with Crippen LogP contribution in [0.2, 0.25) is 0 Å². The van der Waals surface area contributed by atoms with E-state index < -0.39 is 11.4 Å². The van der Waals surface area contributed by atoms with Crippen molar-refractivity contribution in [1.29, 1.82) is 0 Å². The summed E-state index contributed by atoms with van der Waals surface area (Å²) in [5, 5.41) is 0. The Morgan fingerprint density at radius 1 is 1.29 bits per heavy atom. The van der Waals surface area contributed by atoms with Crippen LogP contribution in [0.1, 0.15) is 0 Å². The van der Waals surface area contributed by atoms with Crippen molar-refractivity contribution in [3.05, 3.63) is 0 Å². The molecular weight excluding hydrogens is 155 g/mol. The fourth-order valence-electron chi connectivity index (χ4n) is 0. The van der Waals surface area contributed by atoms with Gasteiger partial charge in [-0.25, -0.2) is 0 Å². The molecule has 0 amide bonds. The number of hydrogen-bond donors (Lipinski definition) is 3. The van der Waals surface area contributed by atoms with Crippen LogP contribution in [0.25, 0.3) is 0 Å². The standard InChI is InChI=1S/ClHO.Na.H2O3S.H/c1-2;;1-4(2)3;/h2H;;(H2,1,2,3);. The molecule has 0 heterocycles. The van der Waals surface area contributed by atoms with Gasteiger partial charge < -0.3 is 0 Å². The third kappa shape index (κ3) is 119. The summed E-state index contributed by atoms with van der Waals surface area (Å²) < 4.78 is 29.3. The van der Waals surface area contributed by atoms with Crippen LogP contribution < -0.4 is 0 Å². The molecule has 0 unspecified atom stereocenters. The normalized spacial score (nSPS) is 5.86. The van der Waals surface area contributed by atoms with Gasteiger partial charge in [0.15, 0.2) is 0 Å². The van der Waals surface area contributed by atoms with Gasteiger partial charge in [-0.3, -0.25) is 13.8 Å². The van der Waals surface area contributed by atoms with E-state index in [2.05, 4.69) is 11.9 Å². The molecule has 0 radical (unpaired) electrons. The molecule has 3 N–H and O–H groups in total. The molecule has 42 valence electrons. The van der Waals surface area contributed by atoms with E-state index in [-0.39, 0.29) is 29.6 Å². The first-order valence-corrected chi connectivity index (χ1v) is 2.10. The summed E-state index contributed by atoms with van der Waals surface area (Å²) in [6, 6.07) is 0. The second-order valence-electron chi connectivity index (χ2n) is 0.231. The van der Waals surface area contributed by atoms with Crippen molar-refractivity contribution in [2.24, 2.45) is 0 Å². The maximum atomic E-state index is 8.67. The Hall–Kier alpha value is 1.32. The van der Waals surface area contributed by atoms with Crippen molar-refractivity contribution in [3.63, 3.8) is 0 Å². The van der Waals surface area contributed by atoms with Crippen molar-refractivity contribution >= 4 is 52.8 Å². The minimum absolute atomic E-state index is 0. The number of halogens is 1. The van der Waals surface area contributed by atoms with Gasteiger partial charge in [-0.2, -0.15) is 4.21 Å². The average molecular weight is 159 g/mol. The molecule has 0 aliphatic heterocycles. The van der Waals surface area contributed by atoms with Gasteiger partial charge in [0.05, 0.1) is 11.9 Å². The molecule has 0 fully saturated rings. The molecule has 4 nitrogen and oxygen atoms in total. The molecule has 0 aromatic rings. The number of hydrogen-bond acceptors (Lipinski definition) is 2. The molecule has 7 heteroatoms. The second kappa shape index (κ2) is 15.7. The van der Waals surface area contributed by atoms with Gasteiger partial charge in [-0.1, -0.05) is 0 Å². The van der Waals surface area contributed by atoms with Gasteiger partial charge in [0.25, 0.3) is 11.4 Å². The fourth-order valence-corrected chi connectivity index (χ4v) is 0. The van der Waals surface area contributed by atoms with E-state index in [0.717, 1.165) is 0 Å². The van der Waals surface area contributed by atoms with Crippen LogP contribution >= 0.6 is 11.9 Å². The molecule has 0 saturated carbocycles. The van der Waals surface area contributed by atoms with Crippen LogP contribution in [0, 0.1) is 0 Å². The van der Waals surface area contributed by atoms with Gasteiger partial charge in [0.2, 0.25) is 0 Å². The molecule has 0 aromatic carbocycles. The minimum atomic E-state index is -2.61. The summed E-state index contributed by atoms with van der Waals surface area (Å²) in [5.74, 6) is 0. The molecule has 0 bridgehead atoms. The third-order valence-electron chi connectivity index (χ3n) is 0. The predicted molar refractivity (Wildman–Crippen MR) is 28.6 cm³/mol. The maximum absolute atomic E-state index is 8.67. The second-order valence-corrected chi connectivity index (χ2v) is 0.692. The Balaban J connectivity index is -0.0000000480. The van der Waals surface area contributed by atoms with Crippen molar-refractivity contribution in [2.45, 2.75) is 0 Å². The molecule has 0 aliphatic carbocycles. The molecule has 0 atom stereocenters. The summed E-state index contributed by atoms with van der Waals surface area (Å²) in [6.07, 6.45) is 0. The first kappa shape index (κ1) is 15.8. The Morgan fingerprint density at radius 2 is 1.29 bits per heavy atom. The molecule has 0 aromatic heterocycles. The Kier molecular flexibility index (Phi) is 35.3. The van der Waals surface area contributed by atoms with E-state index in [1.165, 1.54) is 0 Å². The monoisotopic (exact) mass is 158 g/mol. The molecule has 0 spiro atoms. The SMILES string of the molecule is O=S(O)O.OCl.[NaH]. The zero-order valence-corrected chi connectivity index (χ0v) is 4.11. The van der Waals surface area contributed by atoms with Gasteiger partial charge in [-0.15, -0.1) is 0 Å². The van der Waals surface area contributed by atoms with Crippen LogP contribution in [0.15, 0.2) is 0 Å². The Morgan fingerprint density at radius 3 is 1.29 bits per heavy atom. The average Bonchev–Trinajstić information content (AvgIpc) is 1.41. The van der Waals surface area contributed by atoms with Crippen LogP contribution in [0.3, 0.4) is 0 Å². The summed E-state index contributed by atoms with van der Waals surface area (Å²) in [4.78, 5) is 0. The van der Waals surface area contributed by atoms with Gasteiger partial charge in [-0.05, 0) is 0 Å². The van der Waals surface area contributed by atoms with E-state index in [1.807, 2.05) is 0 Å². The topological polar surface area (TPSA) is 77.8 Å². The van der Waals surface area contributed by atoms with Crippen molar-refractivity contribution < 1.29 is 18.0 Å². The first-order valence-electron chi connectivity index (χ1n) is 0.701. The molecular formula is H4ClNaO4S.